The van der Waals surface area contributed by atoms with E-state index >= 15 is 0 Å². The van der Waals surface area contributed by atoms with Crippen LogP contribution < -0.4 is 11.1 Å². The molecule has 0 spiro atoms. The number of nitrogens with two attached hydrogens (primary N) is 1. The van der Waals surface area contributed by atoms with E-state index < -0.39 is 0 Å². The number of primary amides is 1. The van der Waals surface area contributed by atoms with E-state index in [9.17, 15) is 4.79 Å². The molecule has 3 N–H and O–H groups in total. The molecule has 0 aromatic carbocycles. The third-order valence-electron chi connectivity index (χ3n) is 2.14. The third kappa shape index (κ3) is 1.93. The Kier molecular flexibility index (Phi) is 2.68. The van der Waals surface area contributed by atoms with Crippen molar-refractivity contribution in [1.82, 2.24) is 5.32 Å². The van der Waals surface area contributed by atoms with Gasteiger partial charge >= 0.3 is 0 Å². The number of carbonyl (C=O) groups excluding carboxylic acids is 1. The third-order valence-corrected chi connectivity index (χ3v) is 3.78. The first-order chi connectivity index (χ1) is 5.43. The van der Waals surface area contributed by atoms with Gasteiger partial charge in [0.25, 0.3) is 0 Å². The lowest BCUT2D eigenvalue weighted by Gasteiger charge is -2.39. The molecule has 1 fully saturated rings. The van der Waals surface area contributed by atoms with Gasteiger partial charge in [-0.25, -0.2) is 0 Å². The fourth-order valence-electron chi connectivity index (χ4n) is 1.38. The molecule has 4 heteroatoms. The summed E-state index contributed by atoms with van der Waals surface area (Å²) in [6.45, 7) is 6.16. The van der Waals surface area contributed by atoms with Crippen molar-refractivity contribution in [3.63, 3.8) is 0 Å². The smallest absolute Gasteiger partial charge is 0.235 e. The maximum Gasteiger partial charge on any atom is 0.235 e. The molecule has 0 aliphatic carbocycles. The van der Waals surface area contributed by atoms with Crippen LogP contribution in [-0.4, -0.2) is 28.5 Å². The summed E-state index contributed by atoms with van der Waals surface area (Å²) in [4.78, 5) is 11.1. The van der Waals surface area contributed by atoms with Crippen molar-refractivity contribution in [3.05, 3.63) is 0 Å². The minimum absolute atomic E-state index is 0.0711. The standard InChI is InChI=1S/C8H16N2OS/c1-5-4-12-8(2,3)6(10-5)7(9)11/h5-6,10H,4H2,1-3H3,(H2,9,11). The fraction of sp³-hybridized carbons (Fsp3) is 0.875. The summed E-state index contributed by atoms with van der Waals surface area (Å²) in [6, 6.07) is 0.173. The molecule has 2 atom stereocenters. The molecule has 0 saturated carbocycles. The summed E-state index contributed by atoms with van der Waals surface area (Å²) in [6.07, 6.45) is 0. The van der Waals surface area contributed by atoms with Crippen LogP contribution in [0.25, 0.3) is 0 Å². The van der Waals surface area contributed by atoms with Crippen molar-refractivity contribution in [3.8, 4) is 0 Å². The second-order valence-electron chi connectivity index (χ2n) is 3.82. The van der Waals surface area contributed by atoms with E-state index in [1.807, 2.05) is 13.8 Å². The quantitative estimate of drug-likeness (QED) is 0.624. The Labute approximate surface area is 77.5 Å². The lowest BCUT2D eigenvalue weighted by atomic mass is 10.0. The van der Waals surface area contributed by atoms with Gasteiger partial charge in [-0.15, -0.1) is 0 Å². The Morgan fingerprint density at radius 2 is 2.25 bits per heavy atom. The SMILES string of the molecule is CC1CSC(C)(C)C(C(N)=O)N1. The Balaban J connectivity index is 2.72. The number of nitrogens with one attached hydrogen (secondary N) is 1. The van der Waals surface area contributed by atoms with E-state index in [4.69, 9.17) is 5.73 Å². The summed E-state index contributed by atoms with van der Waals surface area (Å²) in [5.41, 5.74) is 5.29. The molecule has 1 rings (SSSR count). The maximum absolute atomic E-state index is 11.1. The molecule has 0 aromatic heterocycles. The van der Waals surface area contributed by atoms with Gasteiger partial charge in [-0.3, -0.25) is 4.79 Å². The molecule has 1 aliphatic heterocycles. The summed E-state index contributed by atoms with van der Waals surface area (Å²) in [5, 5.41) is 3.21. The molecule has 12 heavy (non-hydrogen) atoms. The van der Waals surface area contributed by atoms with Gasteiger partial charge in [0.1, 0.15) is 6.04 Å². The molecule has 70 valence electrons. The molecule has 0 aromatic rings. The van der Waals surface area contributed by atoms with Crippen LogP contribution in [-0.2, 0) is 4.79 Å². The van der Waals surface area contributed by atoms with Crippen LogP contribution in [0.2, 0.25) is 0 Å². The highest BCUT2D eigenvalue weighted by Gasteiger charge is 2.38. The van der Waals surface area contributed by atoms with Gasteiger partial charge < -0.3 is 11.1 Å². The van der Waals surface area contributed by atoms with E-state index in [0.717, 1.165) is 5.75 Å². The number of hydrogen-bond acceptors (Lipinski definition) is 3. The van der Waals surface area contributed by atoms with Gasteiger partial charge in [-0.2, -0.15) is 11.8 Å². The van der Waals surface area contributed by atoms with E-state index in [2.05, 4.69) is 12.2 Å². The van der Waals surface area contributed by atoms with Crippen molar-refractivity contribution in [2.75, 3.05) is 5.75 Å². The Bertz CT molecular complexity index is 193. The predicted molar refractivity (Wildman–Crippen MR) is 52.1 cm³/mol. The average Bonchev–Trinajstić information content (AvgIpc) is 1.94. The first-order valence-corrected chi connectivity index (χ1v) is 5.11. The topological polar surface area (TPSA) is 55.1 Å². The normalized spacial score (nSPS) is 34.6. The molecular formula is C8H16N2OS. The van der Waals surface area contributed by atoms with Crippen LogP contribution >= 0.6 is 11.8 Å². The van der Waals surface area contributed by atoms with Gasteiger partial charge in [-0.1, -0.05) is 0 Å². The van der Waals surface area contributed by atoms with Crippen LogP contribution in [0.15, 0.2) is 0 Å². The number of amides is 1. The largest absolute Gasteiger partial charge is 0.368 e. The average molecular weight is 188 g/mol. The van der Waals surface area contributed by atoms with Crippen molar-refractivity contribution in [2.24, 2.45) is 5.73 Å². The molecular weight excluding hydrogens is 172 g/mol. The number of thioether (sulfide) groups is 1. The lowest BCUT2D eigenvalue weighted by molar-refractivity contribution is -0.120. The number of carbonyl (C=O) groups is 1. The predicted octanol–water partition coefficient (Wildman–Crippen LogP) is 0.344. The highest BCUT2D eigenvalue weighted by atomic mass is 32.2. The van der Waals surface area contributed by atoms with Gasteiger partial charge in [0.05, 0.1) is 0 Å². The highest BCUT2D eigenvalue weighted by molar-refractivity contribution is 8.00. The molecule has 1 aliphatic rings. The molecule has 1 amide bonds. The van der Waals surface area contributed by atoms with Crippen LogP contribution in [0.5, 0.6) is 0 Å². The second-order valence-corrected chi connectivity index (χ2v) is 5.49. The van der Waals surface area contributed by atoms with E-state index in [-0.39, 0.29) is 16.7 Å². The van der Waals surface area contributed by atoms with Crippen molar-refractivity contribution >= 4 is 17.7 Å². The highest BCUT2D eigenvalue weighted by Crippen LogP contribution is 2.32. The lowest BCUT2D eigenvalue weighted by Crippen LogP contribution is -2.59. The Morgan fingerprint density at radius 3 is 2.67 bits per heavy atom. The van der Waals surface area contributed by atoms with Crippen molar-refractivity contribution < 1.29 is 4.79 Å². The molecule has 0 radical (unpaired) electrons. The summed E-state index contributed by atoms with van der Waals surface area (Å²) >= 11 is 1.80. The van der Waals surface area contributed by atoms with Gasteiger partial charge in [0.15, 0.2) is 0 Å². The van der Waals surface area contributed by atoms with Crippen LogP contribution in [0.4, 0.5) is 0 Å². The van der Waals surface area contributed by atoms with Crippen LogP contribution in [0.3, 0.4) is 0 Å². The summed E-state index contributed by atoms with van der Waals surface area (Å²) in [5.74, 6) is 0.788. The summed E-state index contributed by atoms with van der Waals surface area (Å²) in [7, 11) is 0. The van der Waals surface area contributed by atoms with Gasteiger partial charge in [0.2, 0.25) is 5.91 Å². The van der Waals surface area contributed by atoms with E-state index in [1.165, 1.54) is 0 Å². The minimum atomic E-state index is -0.251. The fourth-order valence-corrected chi connectivity index (χ4v) is 2.51. The van der Waals surface area contributed by atoms with Gasteiger partial charge in [0, 0.05) is 16.5 Å². The maximum atomic E-state index is 11.1. The zero-order valence-corrected chi connectivity index (χ0v) is 8.57. The van der Waals surface area contributed by atoms with Crippen LogP contribution in [0.1, 0.15) is 20.8 Å². The second kappa shape index (κ2) is 3.26. The zero-order chi connectivity index (χ0) is 9.35. The van der Waals surface area contributed by atoms with E-state index in [1.54, 1.807) is 11.8 Å². The van der Waals surface area contributed by atoms with Crippen molar-refractivity contribution in [2.45, 2.75) is 37.6 Å². The zero-order valence-electron chi connectivity index (χ0n) is 7.76. The van der Waals surface area contributed by atoms with Gasteiger partial charge in [-0.05, 0) is 20.8 Å². The first-order valence-electron chi connectivity index (χ1n) is 4.13. The molecule has 3 nitrogen and oxygen atoms in total. The van der Waals surface area contributed by atoms with Crippen LogP contribution in [0, 0.1) is 0 Å². The monoisotopic (exact) mass is 188 g/mol. The van der Waals surface area contributed by atoms with E-state index in [0.29, 0.717) is 6.04 Å². The Hall–Kier alpha value is -0.220. The number of hydrogen-bond donors (Lipinski definition) is 2. The molecule has 0 bridgehead atoms. The Morgan fingerprint density at radius 1 is 1.67 bits per heavy atom. The minimum Gasteiger partial charge on any atom is -0.368 e. The van der Waals surface area contributed by atoms with Crippen molar-refractivity contribution in [1.29, 1.82) is 0 Å². The first kappa shape index (κ1) is 9.86. The molecule has 1 saturated heterocycles. The molecule has 2 unspecified atom stereocenters. The molecule has 1 heterocycles. The summed E-state index contributed by atoms with van der Waals surface area (Å²) < 4.78 is -0.0711. The number of rotatable bonds is 1.